The molecule has 1 aromatic carbocycles. The van der Waals surface area contributed by atoms with Crippen molar-refractivity contribution in [2.45, 2.75) is 44.6 Å². The summed E-state index contributed by atoms with van der Waals surface area (Å²) in [5, 5.41) is 0. The fourth-order valence-corrected chi connectivity index (χ4v) is 2.50. The number of carbonyl (C=O) groups excluding carboxylic acids is 2. The molecule has 0 bridgehead atoms. The number of Topliss-reactive ketones (excluding diaryl/α,β-unsaturated/α-hetero) is 1. The fourth-order valence-electron chi connectivity index (χ4n) is 2.50. The van der Waals surface area contributed by atoms with Crippen molar-refractivity contribution in [3.05, 3.63) is 35.9 Å². The number of nitrogens with zero attached hydrogens (tertiary/aromatic N) is 1. The summed E-state index contributed by atoms with van der Waals surface area (Å²) in [6, 6.07) is 10.4. The van der Waals surface area contributed by atoms with Crippen molar-refractivity contribution in [2.24, 2.45) is 4.99 Å². The Labute approximate surface area is 136 Å². The molecule has 5 nitrogen and oxygen atoms in total. The predicted molar refractivity (Wildman–Crippen MR) is 87.4 cm³/mol. The lowest BCUT2D eigenvalue weighted by atomic mass is 10.0. The summed E-state index contributed by atoms with van der Waals surface area (Å²) in [4.78, 5) is 27.2. The van der Waals surface area contributed by atoms with Crippen molar-refractivity contribution in [3.63, 3.8) is 0 Å². The number of unbranched alkanes of at least 4 members (excludes halogenated alkanes) is 3. The van der Waals surface area contributed by atoms with Crippen LogP contribution >= 0.6 is 0 Å². The Balaban J connectivity index is 1.56. The molecule has 0 aliphatic carbocycles. The molecule has 1 unspecified atom stereocenters. The zero-order chi connectivity index (χ0) is 16.5. The number of rotatable bonds is 9. The summed E-state index contributed by atoms with van der Waals surface area (Å²) in [5.74, 6) is -0.540. The molecular formula is C18H23NO4. The third-order valence-electron chi connectivity index (χ3n) is 3.82. The molecule has 1 aliphatic heterocycles. The van der Waals surface area contributed by atoms with Gasteiger partial charge in [-0.15, -0.1) is 0 Å². The third kappa shape index (κ3) is 5.51. The third-order valence-corrected chi connectivity index (χ3v) is 3.82. The molecule has 0 aromatic heterocycles. The van der Waals surface area contributed by atoms with E-state index in [0.717, 1.165) is 32.1 Å². The van der Waals surface area contributed by atoms with Gasteiger partial charge in [0.25, 0.3) is 5.90 Å². The van der Waals surface area contributed by atoms with E-state index in [1.54, 1.807) is 0 Å². The van der Waals surface area contributed by atoms with Gasteiger partial charge < -0.3 is 9.47 Å². The summed E-state index contributed by atoms with van der Waals surface area (Å²) >= 11 is 0. The molecule has 0 saturated carbocycles. The van der Waals surface area contributed by atoms with E-state index in [4.69, 9.17) is 4.74 Å². The van der Waals surface area contributed by atoms with Crippen LogP contribution in [0.4, 0.5) is 0 Å². The fraction of sp³-hybridized carbons (Fsp3) is 0.500. The highest BCUT2D eigenvalue weighted by atomic mass is 16.6. The number of hydrogen-bond donors (Lipinski definition) is 0. The molecule has 5 heteroatoms. The first-order valence-electron chi connectivity index (χ1n) is 8.06. The SMILES string of the molecule is COC(=O)C1CN=C(C(=O)CCCCCCc2ccccc2)O1. The number of aliphatic imine (C=N–C) groups is 1. The highest BCUT2D eigenvalue weighted by Crippen LogP contribution is 2.12. The largest absolute Gasteiger partial charge is 0.466 e. The number of ketones is 1. The Kier molecular flexibility index (Phi) is 6.78. The molecule has 0 saturated heterocycles. The van der Waals surface area contributed by atoms with Crippen LogP contribution < -0.4 is 0 Å². The van der Waals surface area contributed by atoms with Gasteiger partial charge in [0.2, 0.25) is 11.9 Å². The number of carbonyl (C=O) groups is 2. The zero-order valence-electron chi connectivity index (χ0n) is 13.5. The molecule has 0 amide bonds. The molecule has 0 N–H and O–H groups in total. The maximum absolute atomic E-state index is 11.9. The molecule has 124 valence electrons. The Bertz CT molecular complexity index is 553. The van der Waals surface area contributed by atoms with E-state index in [2.05, 4.69) is 34.0 Å². The average Bonchev–Trinajstić information content (AvgIpc) is 3.08. The van der Waals surface area contributed by atoms with Crippen LogP contribution in [0, 0.1) is 0 Å². The molecule has 23 heavy (non-hydrogen) atoms. The van der Waals surface area contributed by atoms with Crippen LogP contribution in [0.1, 0.15) is 37.7 Å². The first-order chi connectivity index (χ1) is 11.2. The first-order valence-corrected chi connectivity index (χ1v) is 8.06. The summed E-state index contributed by atoms with van der Waals surface area (Å²) in [6.45, 7) is 0.171. The minimum atomic E-state index is -0.759. The lowest BCUT2D eigenvalue weighted by Crippen LogP contribution is -2.27. The molecule has 0 fully saturated rings. The summed E-state index contributed by atoms with van der Waals surface area (Å²) in [6.07, 6.45) is 4.78. The highest BCUT2D eigenvalue weighted by Gasteiger charge is 2.30. The van der Waals surface area contributed by atoms with Gasteiger partial charge in [-0.05, 0) is 24.8 Å². The van der Waals surface area contributed by atoms with Crippen molar-refractivity contribution in [1.82, 2.24) is 0 Å². The topological polar surface area (TPSA) is 65.0 Å². The number of methoxy groups -OCH3 is 1. The molecular weight excluding hydrogens is 294 g/mol. The van der Waals surface area contributed by atoms with Crippen molar-refractivity contribution >= 4 is 17.7 Å². The van der Waals surface area contributed by atoms with Crippen LogP contribution in [0.2, 0.25) is 0 Å². The normalized spacial score (nSPS) is 16.6. The minimum absolute atomic E-state index is 0.0738. The number of hydrogen-bond acceptors (Lipinski definition) is 5. The Hall–Kier alpha value is -2.17. The summed E-state index contributed by atoms with van der Waals surface area (Å²) in [5.41, 5.74) is 1.35. The number of benzene rings is 1. The minimum Gasteiger partial charge on any atom is -0.466 e. The van der Waals surface area contributed by atoms with Crippen molar-refractivity contribution in [1.29, 1.82) is 0 Å². The highest BCUT2D eigenvalue weighted by molar-refractivity contribution is 6.36. The monoisotopic (exact) mass is 317 g/mol. The molecule has 1 aromatic rings. The van der Waals surface area contributed by atoms with Crippen molar-refractivity contribution in [3.8, 4) is 0 Å². The Morgan fingerprint density at radius 1 is 1.17 bits per heavy atom. The van der Waals surface area contributed by atoms with E-state index in [-0.39, 0.29) is 18.2 Å². The van der Waals surface area contributed by atoms with E-state index in [1.807, 2.05) is 6.07 Å². The smallest absolute Gasteiger partial charge is 0.349 e. The van der Waals surface area contributed by atoms with Crippen LogP contribution in [0.15, 0.2) is 35.3 Å². The van der Waals surface area contributed by atoms with E-state index < -0.39 is 12.1 Å². The quantitative estimate of drug-likeness (QED) is 0.519. The van der Waals surface area contributed by atoms with Gasteiger partial charge in [-0.1, -0.05) is 43.2 Å². The van der Waals surface area contributed by atoms with Gasteiger partial charge in [-0.3, -0.25) is 4.79 Å². The first kappa shape index (κ1) is 17.2. The second-order valence-corrected chi connectivity index (χ2v) is 5.60. The van der Waals surface area contributed by atoms with Crippen LogP contribution in [0.25, 0.3) is 0 Å². The van der Waals surface area contributed by atoms with Gasteiger partial charge in [-0.2, -0.15) is 0 Å². The van der Waals surface area contributed by atoms with Gasteiger partial charge in [-0.25, -0.2) is 9.79 Å². The number of ether oxygens (including phenoxy) is 2. The Morgan fingerprint density at radius 3 is 2.65 bits per heavy atom. The van der Waals surface area contributed by atoms with Crippen LogP contribution in [0.3, 0.4) is 0 Å². The van der Waals surface area contributed by atoms with Crippen LogP contribution in [0.5, 0.6) is 0 Å². The lowest BCUT2D eigenvalue weighted by molar-refractivity contribution is -0.148. The van der Waals surface area contributed by atoms with Gasteiger partial charge in [0.1, 0.15) is 0 Å². The lowest BCUT2D eigenvalue weighted by Gasteiger charge is -2.08. The summed E-state index contributed by atoms with van der Waals surface area (Å²) in [7, 11) is 1.29. The number of aryl methyl sites for hydroxylation is 1. The second kappa shape index (κ2) is 9.08. The molecule has 1 aliphatic rings. The summed E-state index contributed by atoms with van der Waals surface area (Å²) < 4.78 is 9.81. The van der Waals surface area contributed by atoms with Gasteiger partial charge in [0, 0.05) is 6.42 Å². The van der Waals surface area contributed by atoms with E-state index in [1.165, 1.54) is 12.7 Å². The van der Waals surface area contributed by atoms with Gasteiger partial charge >= 0.3 is 5.97 Å². The standard InChI is InChI=1S/C18H23NO4/c1-22-18(21)16-13-19-17(23-16)15(20)12-8-3-2-5-9-14-10-6-4-7-11-14/h4,6-7,10-11,16H,2-3,5,8-9,12-13H2,1H3. The predicted octanol–water partition coefficient (Wildman–Crippen LogP) is 2.72. The second-order valence-electron chi connectivity index (χ2n) is 5.60. The molecule has 0 radical (unpaired) electrons. The van der Waals surface area contributed by atoms with Crippen LogP contribution in [-0.4, -0.2) is 37.4 Å². The number of esters is 1. The van der Waals surface area contributed by atoms with Crippen molar-refractivity contribution < 1.29 is 19.1 Å². The average molecular weight is 317 g/mol. The molecule has 1 atom stereocenters. The Morgan fingerprint density at radius 2 is 1.91 bits per heavy atom. The van der Waals surface area contributed by atoms with E-state index >= 15 is 0 Å². The maximum atomic E-state index is 11.9. The van der Waals surface area contributed by atoms with E-state index in [9.17, 15) is 9.59 Å². The van der Waals surface area contributed by atoms with Crippen molar-refractivity contribution in [2.75, 3.05) is 13.7 Å². The van der Waals surface area contributed by atoms with E-state index in [0.29, 0.717) is 6.42 Å². The molecule has 0 spiro atoms. The molecule has 2 rings (SSSR count). The maximum Gasteiger partial charge on any atom is 0.349 e. The van der Waals surface area contributed by atoms with Gasteiger partial charge in [0.05, 0.1) is 13.7 Å². The zero-order valence-corrected chi connectivity index (χ0v) is 13.5. The van der Waals surface area contributed by atoms with Gasteiger partial charge in [0.15, 0.2) is 0 Å². The van der Waals surface area contributed by atoms with Crippen LogP contribution in [-0.2, 0) is 25.5 Å². The molecule has 1 heterocycles.